The Morgan fingerprint density at radius 2 is 1.95 bits per heavy atom. The van der Waals surface area contributed by atoms with E-state index in [0.717, 1.165) is 10.8 Å². The highest BCUT2D eigenvalue weighted by atomic mass is 16.3. The summed E-state index contributed by atoms with van der Waals surface area (Å²) >= 11 is 0. The number of rotatable bonds is 4. The van der Waals surface area contributed by atoms with Crippen molar-refractivity contribution in [3.8, 4) is 0 Å². The summed E-state index contributed by atoms with van der Waals surface area (Å²) in [4.78, 5) is 12.0. The number of aliphatic hydroxyl groups is 1. The molecule has 19 heavy (non-hydrogen) atoms. The molecule has 0 fully saturated rings. The van der Waals surface area contributed by atoms with Crippen molar-refractivity contribution in [3.63, 3.8) is 0 Å². The molecule has 0 aliphatic rings. The largest absolute Gasteiger partial charge is 0.398 e. The van der Waals surface area contributed by atoms with Crippen molar-refractivity contribution < 1.29 is 9.90 Å². The Bertz CT molecular complexity index is 594. The summed E-state index contributed by atoms with van der Waals surface area (Å²) in [7, 11) is 0. The SMILES string of the molecule is CC(O)CCNC(=O)c1cc2ccccc2cc1N. The Morgan fingerprint density at radius 3 is 2.58 bits per heavy atom. The van der Waals surface area contributed by atoms with Gasteiger partial charge in [-0.1, -0.05) is 24.3 Å². The number of amides is 1. The molecular weight excluding hydrogens is 240 g/mol. The Labute approximate surface area is 112 Å². The summed E-state index contributed by atoms with van der Waals surface area (Å²) in [5.41, 5.74) is 6.85. The van der Waals surface area contributed by atoms with E-state index in [-0.39, 0.29) is 5.91 Å². The molecule has 4 nitrogen and oxygen atoms in total. The van der Waals surface area contributed by atoms with E-state index >= 15 is 0 Å². The second kappa shape index (κ2) is 5.71. The first-order chi connectivity index (χ1) is 9.08. The van der Waals surface area contributed by atoms with Crippen molar-refractivity contribution in [3.05, 3.63) is 42.0 Å². The number of carbonyl (C=O) groups excluding carboxylic acids is 1. The Balaban J connectivity index is 2.19. The van der Waals surface area contributed by atoms with Crippen LogP contribution < -0.4 is 11.1 Å². The van der Waals surface area contributed by atoms with Gasteiger partial charge in [0.1, 0.15) is 0 Å². The fraction of sp³-hybridized carbons (Fsp3) is 0.267. The van der Waals surface area contributed by atoms with Crippen molar-refractivity contribution in [1.29, 1.82) is 0 Å². The Hall–Kier alpha value is -2.07. The van der Waals surface area contributed by atoms with Crippen LogP contribution in [-0.4, -0.2) is 23.7 Å². The van der Waals surface area contributed by atoms with Crippen molar-refractivity contribution in [2.45, 2.75) is 19.4 Å². The number of nitrogens with two attached hydrogens (primary N) is 1. The Morgan fingerprint density at radius 1 is 1.32 bits per heavy atom. The molecule has 100 valence electrons. The standard InChI is InChI=1S/C15H18N2O2/c1-10(18)6-7-17-15(19)13-8-11-4-2-3-5-12(11)9-14(13)16/h2-5,8-10,18H,6-7,16H2,1H3,(H,17,19). The normalized spacial score (nSPS) is 12.3. The molecule has 0 aliphatic carbocycles. The second-order valence-electron chi connectivity index (χ2n) is 4.68. The van der Waals surface area contributed by atoms with Gasteiger partial charge >= 0.3 is 0 Å². The van der Waals surface area contributed by atoms with Gasteiger partial charge in [-0.05, 0) is 36.2 Å². The molecule has 2 aromatic rings. The van der Waals surface area contributed by atoms with E-state index in [4.69, 9.17) is 10.8 Å². The van der Waals surface area contributed by atoms with E-state index in [1.54, 1.807) is 19.1 Å². The predicted octanol–water partition coefficient (Wildman–Crippen LogP) is 1.92. The molecule has 0 saturated heterocycles. The van der Waals surface area contributed by atoms with Gasteiger partial charge in [0.25, 0.3) is 5.91 Å². The molecule has 0 saturated carbocycles. The molecule has 1 unspecified atom stereocenters. The minimum atomic E-state index is -0.422. The number of hydrogen-bond donors (Lipinski definition) is 3. The summed E-state index contributed by atoms with van der Waals surface area (Å²) in [6.45, 7) is 2.12. The molecule has 4 N–H and O–H groups in total. The molecule has 1 amide bonds. The molecule has 0 aliphatic heterocycles. The zero-order valence-corrected chi connectivity index (χ0v) is 10.9. The second-order valence-corrected chi connectivity index (χ2v) is 4.68. The fourth-order valence-electron chi connectivity index (χ4n) is 1.94. The van der Waals surface area contributed by atoms with E-state index < -0.39 is 6.10 Å². The minimum absolute atomic E-state index is 0.205. The average molecular weight is 258 g/mol. The predicted molar refractivity (Wildman–Crippen MR) is 77.0 cm³/mol. The van der Waals surface area contributed by atoms with Crippen LogP contribution in [-0.2, 0) is 0 Å². The zero-order valence-electron chi connectivity index (χ0n) is 10.9. The highest BCUT2D eigenvalue weighted by molar-refractivity contribution is 6.03. The lowest BCUT2D eigenvalue weighted by atomic mass is 10.0. The number of fused-ring (bicyclic) bond motifs is 1. The molecule has 0 radical (unpaired) electrons. The minimum Gasteiger partial charge on any atom is -0.398 e. The average Bonchev–Trinajstić information content (AvgIpc) is 2.37. The van der Waals surface area contributed by atoms with E-state index in [0.29, 0.717) is 24.2 Å². The quantitative estimate of drug-likeness (QED) is 0.733. The molecule has 2 aromatic carbocycles. The van der Waals surface area contributed by atoms with Gasteiger partial charge < -0.3 is 16.2 Å². The van der Waals surface area contributed by atoms with Gasteiger partial charge in [0.05, 0.1) is 11.7 Å². The Kier molecular flexibility index (Phi) is 4.02. The molecule has 0 spiro atoms. The highest BCUT2D eigenvalue weighted by Gasteiger charge is 2.10. The molecule has 1 atom stereocenters. The summed E-state index contributed by atoms with van der Waals surface area (Å²) in [5, 5.41) is 13.9. The number of nitrogen functional groups attached to an aromatic ring is 1. The van der Waals surface area contributed by atoms with Gasteiger partial charge in [-0.2, -0.15) is 0 Å². The lowest BCUT2D eigenvalue weighted by molar-refractivity contribution is 0.0946. The van der Waals surface area contributed by atoms with Crippen LogP contribution >= 0.6 is 0 Å². The molecule has 4 heteroatoms. The fourth-order valence-corrected chi connectivity index (χ4v) is 1.94. The lowest BCUT2D eigenvalue weighted by Gasteiger charge is -2.10. The highest BCUT2D eigenvalue weighted by Crippen LogP contribution is 2.21. The summed E-state index contributed by atoms with van der Waals surface area (Å²) in [5.74, 6) is -0.205. The van der Waals surface area contributed by atoms with Crippen LogP contribution in [0.4, 0.5) is 5.69 Å². The molecule has 0 bridgehead atoms. The van der Waals surface area contributed by atoms with Gasteiger partial charge in [-0.25, -0.2) is 0 Å². The monoisotopic (exact) mass is 258 g/mol. The third kappa shape index (κ3) is 3.23. The van der Waals surface area contributed by atoms with Crippen LogP contribution in [0.1, 0.15) is 23.7 Å². The summed E-state index contributed by atoms with van der Waals surface area (Å²) in [6, 6.07) is 11.4. The van der Waals surface area contributed by atoms with Gasteiger partial charge in [0, 0.05) is 12.2 Å². The first kappa shape index (κ1) is 13.4. The zero-order chi connectivity index (χ0) is 13.8. The number of nitrogens with one attached hydrogen (secondary N) is 1. The van der Waals surface area contributed by atoms with Crippen molar-refractivity contribution in [2.24, 2.45) is 0 Å². The lowest BCUT2D eigenvalue weighted by Crippen LogP contribution is -2.27. The molecule has 2 rings (SSSR count). The maximum absolute atomic E-state index is 12.0. The summed E-state index contributed by atoms with van der Waals surface area (Å²) in [6.07, 6.45) is 0.105. The molecule has 0 aromatic heterocycles. The van der Waals surface area contributed by atoms with E-state index in [2.05, 4.69) is 5.32 Å². The van der Waals surface area contributed by atoms with Gasteiger partial charge in [0.15, 0.2) is 0 Å². The topological polar surface area (TPSA) is 75.3 Å². The van der Waals surface area contributed by atoms with E-state index in [9.17, 15) is 4.79 Å². The molecular formula is C15H18N2O2. The number of aliphatic hydroxyl groups excluding tert-OH is 1. The smallest absolute Gasteiger partial charge is 0.253 e. The van der Waals surface area contributed by atoms with Gasteiger partial charge in [-0.3, -0.25) is 4.79 Å². The maximum Gasteiger partial charge on any atom is 0.253 e. The van der Waals surface area contributed by atoms with Crippen LogP contribution in [0.3, 0.4) is 0 Å². The van der Waals surface area contributed by atoms with E-state index in [1.165, 1.54) is 0 Å². The van der Waals surface area contributed by atoms with Gasteiger partial charge in [-0.15, -0.1) is 0 Å². The third-order valence-corrected chi connectivity index (χ3v) is 3.01. The first-order valence-electron chi connectivity index (χ1n) is 6.32. The van der Waals surface area contributed by atoms with Crippen LogP contribution in [0.25, 0.3) is 10.8 Å². The van der Waals surface area contributed by atoms with Gasteiger partial charge in [0.2, 0.25) is 0 Å². The van der Waals surface area contributed by atoms with Crippen LogP contribution in [0.2, 0.25) is 0 Å². The number of hydrogen-bond acceptors (Lipinski definition) is 3. The first-order valence-corrected chi connectivity index (χ1v) is 6.32. The van der Waals surface area contributed by atoms with E-state index in [1.807, 2.05) is 24.3 Å². The van der Waals surface area contributed by atoms with Crippen LogP contribution in [0, 0.1) is 0 Å². The number of carbonyl (C=O) groups is 1. The number of benzene rings is 2. The third-order valence-electron chi connectivity index (χ3n) is 3.01. The summed E-state index contributed by atoms with van der Waals surface area (Å²) < 4.78 is 0. The maximum atomic E-state index is 12.0. The van der Waals surface area contributed by atoms with Crippen molar-refractivity contribution in [2.75, 3.05) is 12.3 Å². The van der Waals surface area contributed by atoms with Crippen LogP contribution in [0.5, 0.6) is 0 Å². The van der Waals surface area contributed by atoms with Crippen molar-refractivity contribution in [1.82, 2.24) is 5.32 Å². The van der Waals surface area contributed by atoms with Crippen LogP contribution in [0.15, 0.2) is 36.4 Å². The number of anilines is 1. The molecule has 0 heterocycles. The van der Waals surface area contributed by atoms with Crippen molar-refractivity contribution >= 4 is 22.4 Å².